The first-order valence-electron chi connectivity index (χ1n) is 20.7. The van der Waals surface area contributed by atoms with Gasteiger partial charge in [0.25, 0.3) is 0 Å². The molecule has 1 rings (SSSR count). The molecule has 0 amide bonds. The molecule has 48 heavy (non-hydrogen) atoms. The Morgan fingerprint density at radius 3 is 0.625 bits per heavy atom. The minimum absolute atomic E-state index is 0.763. The number of hydrogen-bond donors (Lipinski definition) is 0. The lowest BCUT2D eigenvalue weighted by Gasteiger charge is -2.20. The molecular formula is C42H75I3O3. The van der Waals surface area contributed by atoms with Crippen molar-refractivity contribution in [1.82, 2.24) is 0 Å². The molecule has 6 heteroatoms. The quantitative estimate of drug-likeness (QED) is 0.0495. The molecule has 1 aromatic rings. The molecule has 0 aliphatic rings. The van der Waals surface area contributed by atoms with Crippen LogP contribution in [0.5, 0.6) is 17.2 Å². The summed E-state index contributed by atoms with van der Waals surface area (Å²) < 4.78 is 22.8. The fourth-order valence-corrected chi connectivity index (χ4v) is 10.4. The Hall–Kier alpha value is 0.810. The maximum Gasteiger partial charge on any atom is 0.153 e. The maximum absolute atomic E-state index is 6.51. The van der Waals surface area contributed by atoms with Gasteiger partial charge < -0.3 is 14.2 Å². The van der Waals surface area contributed by atoms with E-state index in [0.29, 0.717) is 0 Å². The summed E-state index contributed by atoms with van der Waals surface area (Å²) in [5.41, 5.74) is 0. The highest BCUT2D eigenvalue weighted by atomic mass is 127. The van der Waals surface area contributed by atoms with Crippen LogP contribution >= 0.6 is 67.8 Å². The highest BCUT2D eigenvalue weighted by molar-refractivity contribution is 14.1. The Kier molecular flexibility index (Phi) is 34.0. The van der Waals surface area contributed by atoms with Gasteiger partial charge in [-0.15, -0.1) is 0 Å². The molecule has 282 valence electrons. The van der Waals surface area contributed by atoms with Crippen molar-refractivity contribution in [2.24, 2.45) is 0 Å². The molecule has 0 unspecified atom stereocenters. The van der Waals surface area contributed by atoms with Crippen LogP contribution in [0.3, 0.4) is 0 Å². The first-order chi connectivity index (χ1) is 23.6. The fourth-order valence-electron chi connectivity index (χ4n) is 6.27. The third kappa shape index (κ3) is 24.1. The van der Waals surface area contributed by atoms with E-state index in [9.17, 15) is 0 Å². The minimum Gasteiger partial charge on any atom is -0.491 e. The summed E-state index contributed by atoms with van der Waals surface area (Å²) in [5, 5.41) is 0. The van der Waals surface area contributed by atoms with Gasteiger partial charge in [0, 0.05) is 0 Å². The maximum atomic E-state index is 6.51. The lowest BCUT2D eigenvalue weighted by molar-refractivity contribution is 0.267. The van der Waals surface area contributed by atoms with Crippen LogP contribution in [0.4, 0.5) is 0 Å². The fraction of sp³-hybridized carbons (Fsp3) is 0.857. The van der Waals surface area contributed by atoms with Crippen molar-refractivity contribution in [3.05, 3.63) is 10.7 Å². The number of halogens is 3. The second-order valence-corrected chi connectivity index (χ2v) is 17.3. The van der Waals surface area contributed by atoms with E-state index in [-0.39, 0.29) is 0 Å². The molecular weight excluding hydrogens is 933 g/mol. The summed E-state index contributed by atoms with van der Waals surface area (Å²) in [7, 11) is 0. The van der Waals surface area contributed by atoms with Crippen LogP contribution in [0.1, 0.15) is 213 Å². The SMILES string of the molecule is CCCCCCCCCCCCOc1c(I)c(OCCCCCCCCCCCC)c(I)c(OCCCCCCCCCCCC)c1I. The molecule has 0 saturated carbocycles. The van der Waals surface area contributed by atoms with E-state index < -0.39 is 0 Å². The van der Waals surface area contributed by atoms with Crippen LogP contribution in [0, 0.1) is 10.7 Å². The average Bonchev–Trinajstić information content (AvgIpc) is 3.08. The van der Waals surface area contributed by atoms with Crippen LogP contribution in [-0.2, 0) is 0 Å². The Balaban J connectivity index is 2.59. The Labute approximate surface area is 340 Å². The molecule has 0 bridgehead atoms. The normalized spacial score (nSPS) is 11.4. The summed E-state index contributed by atoms with van der Waals surface area (Å²) in [6.45, 7) is 9.17. The van der Waals surface area contributed by atoms with Crippen molar-refractivity contribution in [2.75, 3.05) is 19.8 Å². The van der Waals surface area contributed by atoms with Crippen LogP contribution in [0.15, 0.2) is 0 Å². The largest absolute Gasteiger partial charge is 0.491 e. The topological polar surface area (TPSA) is 27.7 Å². The van der Waals surface area contributed by atoms with Crippen molar-refractivity contribution < 1.29 is 14.2 Å². The van der Waals surface area contributed by atoms with Gasteiger partial charge in [0.15, 0.2) is 17.2 Å². The predicted octanol–water partition coefficient (Wildman–Crippen LogP) is 16.4. The van der Waals surface area contributed by atoms with Crippen molar-refractivity contribution in [3.63, 3.8) is 0 Å². The number of benzene rings is 1. The van der Waals surface area contributed by atoms with Gasteiger partial charge in [-0.3, -0.25) is 0 Å². The van der Waals surface area contributed by atoms with Crippen molar-refractivity contribution in [3.8, 4) is 17.2 Å². The van der Waals surface area contributed by atoms with Gasteiger partial charge in [0.05, 0.1) is 30.5 Å². The molecule has 1 aromatic carbocycles. The number of unbranched alkanes of at least 4 members (excludes halogenated alkanes) is 27. The molecule has 0 radical (unpaired) electrons. The molecule has 0 spiro atoms. The average molecular weight is 1010 g/mol. The van der Waals surface area contributed by atoms with E-state index >= 15 is 0 Å². The summed E-state index contributed by atoms with van der Waals surface area (Å²) >= 11 is 7.36. The van der Waals surface area contributed by atoms with Crippen LogP contribution in [0.25, 0.3) is 0 Å². The second kappa shape index (κ2) is 34.9. The van der Waals surface area contributed by atoms with E-state index in [2.05, 4.69) is 88.5 Å². The van der Waals surface area contributed by atoms with Crippen molar-refractivity contribution in [2.45, 2.75) is 213 Å². The van der Waals surface area contributed by atoms with E-state index in [1.54, 1.807) is 0 Å². The summed E-state index contributed by atoms with van der Waals surface area (Å²) in [5.74, 6) is 2.89. The van der Waals surface area contributed by atoms with Gasteiger partial charge in [-0.1, -0.05) is 194 Å². The molecule has 0 aliphatic heterocycles. The Morgan fingerprint density at radius 2 is 0.438 bits per heavy atom. The van der Waals surface area contributed by atoms with E-state index in [0.717, 1.165) is 67.0 Å². The summed E-state index contributed by atoms with van der Waals surface area (Å²) in [6, 6.07) is 0. The van der Waals surface area contributed by atoms with E-state index in [1.807, 2.05) is 0 Å². The molecule has 0 atom stereocenters. The standard InChI is InChI=1S/C42H75I3O3/c1-4-7-10-13-16-19-22-25-28-31-34-46-40-37(43)41(47-35-32-29-26-23-20-17-14-11-8-5-2)39(45)42(38(40)44)48-36-33-30-27-24-21-18-15-12-9-6-3/h4-36H2,1-3H3. The van der Waals surface area contributed by atoms with Gasteiger partial charge in [-0.2, -0.15) is 0 Å². The van der Waals surface area contributed by atoms with Crippen LogP contribution in [0.2, 0.25) is 0 Å². The summed E-state index contributed by atoms with van der Waals surface area (Å²) in [6.07, 6.45) is 40.1. The second-order valence-electron chi connectivity index (χ2n) is 14.0. The lowest BCUT2D eigenvalue weighted by Crippen LogP contribution is -2.09. The van der Waals surface area contributed by atoms with Crippen molar-refractivity contribution in [1.29, 1.82) is 0 Å². The zero-order valence-corrected chi connectivity index (χ0v) is 38.2. The van der Waals surface area contributed by atoms with Gasteiger partial charge in [0.1, 0.15) is 0 Å². The number of hydrogen-bond acceptors (Lipinski definition) is 3. The van der Waals surface area contributed by atoms with E-state index in [4.69, 9.17) is 14.2 Å². The number of ether oxygens (including phenoxy) is 3. The van der Waals surface area contributed by atoms with Gasteiger partial charge in [-0.25, -0.2) is 0 Å². The molecule has 0 aliphatic carbocycles. The highest BCUT2D eigenvalue weighted by Crippen LogP contribution is 2.46. The lowest BCUT2D eigenvalue weighted by atomic mass is 10.1. The first kappa shape index (κ1) is 46.8. The third-order valence-electron chi connectivity index (χ3n) is 9.43. The number of rotatable bonds is 36. The third-order valence-corrected chi connectivity index (χ3v) is 12.4. The van der Waals surface area contributed by atoms with Gasteiger partial charge >= 0.3 is 0 Å². The minimum atomic E-state index is 0.763. The zero-order chi connectivity index (χ0) is 34.9. The highest BCUT2D eigenvalue weighted by Gasteiger charge is 2.24. The molecule has 0 fully saturated rings. The predicted molar refractivity (Wildman–Crippen MR) is 237 cm³/mol. The Morgan fingerprint density at radius 1 is 0.271 bits per heavy atom. The molecule has 0 saturated heterocycles. The molecule has 3 nitrogen and oxygen atoms in total. The Bertz CT molecular complexity index is 732. The van der Waals surface area contributed by atoms with Gasteiger partial charge in [-0.05, 0) is 87.0 Å². The molecule has 0 heterocycles. The summed E-state index contributed by atoms with van der Waals surface area (Å²) in [4.78, 5) is 0. The smallest absolute Gasteiger partial charge is 0.153 e. The first-order valence-corrected chi connectivity index (χ1v) is 23.9. The molecule has 0 N–H and O–H groups in total. The van der Waals surface area contributed by atoms with Gasteiger partial charge in [0.2, 0.25) is 0 Å². The monoisotopic (exact) mass is 1010 g/mol. The zero-order valence-electron chi connectivity index (χ0n) is 31.7. The van der Waals surface area contributed by atoms with Crippen LogP contribution in [-0.4, -0.2) is 19.8 Å². The molecule has 0 aromatic heterocycles. The van der Waals surface area contributed by atoms with E-state index in [1.165, 1.54) is 173 Å². The van der Waals surface area contributed by atoms with Crippen molar-refractivity contribution >= 4 is 67.8 Å². The van der Waals surface area contributed by atoms with Crippen LogP contribution < -0.4 is 14.2 Å².